The third-order valence-corrected chi connectivity index (χ3v) is 2.84. The van der Waals surface area contributed by atoms with Gasteiger partial charge in [0, 0.05) is 24.0 Å². The predicted octanol–water partition coefficient (Wildman–Crippen LogP) is 2.75. The normalized spacial score (nSPS) is 10.2. The van der Waals surface area contributed by atoms with Crippen molar-refractivity contribution in [2.24, 2.45) is 0 Å². The van der Waals surface area contributed by atoms with Crippen LogP contribution in [0.15, 0.2) is 42.7 Å². The summed E-state index contributed by atoms with van der Waals surface area (Å²) in [4.78, 5) is 4.33. The molecule has 2 heterocycles. The lowest BCUT2D eigenvalue weighted by atomic mass is 10.1. The van der Waals surface area contributed by atoms with Gasteiger partial charge in [-0.3, -0.25) is 0 Å². The number of fused-ring (bicyclic) bond motifs is 1. The fourth-order valence-electron chi connectivity index (χ4n) is 1.84. The summed E-state index contributed by atoms with van der Waals surface area (Å²) >= 11 is 0. The van der Waals surface area contributed by atoms with E-state index in [1.54, 1.807) is 10.7 Å². The number of aromatic nitrogens is 3. The fraction of sp³-hybridized carbons (Fsp3) is 0.125. The Bertz CT molecular complexity index is 786. The molecule has 19 heavy (non-hydrogen) atoms. The van der Waals surface area contributed by atoms with Crippen molar-refractivity contribution in [3.05, 3.63) is 65.1 Å². The Morgan fingerprint density at radius 2 is 1.74 bits per heavy atom. The summed E-state index contributed by atoms with van der Waals surface area (Å²) < 4.78 is 1.76. The molecule has 3 aromatic rings. The molecule has 0 bridgehead atoms. The van der Waals surface area contributed by atoms with Gasteiger partial charge in [-0.05, 0) is 26.0 Å². The zero-order chi connectivity index (χ0) is 13.2. The van der Waals surface area contributed by atoms with Crippen LogP contribution in [0.3, 0.4) is 0 Å². The molecule has 92 valence electrons. The number of aryl methyl sites for hydroxylation is 2. The third kappa shape index (κ3) is 2.48. The molecular formula is C16H13N3. The van der Waals surface area contributed by atoms with Crippen LogP contribution in [0.2, 0.25) is 0 Å². The van der Waals surface area contributed by atoms with Gasteiger partial charge in [-0.25, -0.2) is 9.50 Å². The minimum absolute atomic E-state index is 0.846. The minimum atomic E-state index is 0.846. The van der Waals surface area contributed by atoms with E-state index in [1.165, 1.54) is 5.56 Å². The maximum atomic E-state index is 4.33. The standard InChI is InChI=1S/C16H13N3/c1-12-3-5-14(6-4-12)7-8-15-10-17-16-9-13(2)18-19(16)11-15/h3-6,9-11H,1-2H3. The van der Waals surface area contributed by atoms with Crippen LogP contribution in [0.25, 0.3) is 5.65 Å². The van der Waals surface area contributed by atoms with Crippen molar-refractivity contribution in [3.63, 3.8) is 0 Å². The maximum absolute atomic E-state index is 4.33. The van der Waals surface area contributed by atoms with E-state index in [0.29, 0.717) is 0 Å². The fourth-order valence-corrected chi connectivity index (χ4v) is 1.84. The largest absolute Gasteiger partial charge is 0.236 e. The molecule has 0 radical (unpaired) electrons. The van der Waals surface area contributed by atoms with Crippen molar-refractivity contribution in [2.75, 3.05) is 0 Å². The first kappa shape index (κ1) is 11.5. The summed E-state index contributed by atoms with van der Waals surface area (Å²) in [7, 11) is 0. The van der Waals surface area contributed by atoms with E-state index < -0.39 is 0 Å². The summed E-state index contributed by atoms with van der Waals surface area (Å²) in [6.07, 6.45) is 3.67. The van der Waals surface area contributed by atoms with E-state index >= 15 is 0 Å². The highest BCUT2D eigenvalue weighted by Crippen LogP contribution is 2.05. The van der Waals surface area contributed by atoms with Crippen LogP contribution in [0.5, 0.6) is 0 Å². The van der Waals surface area contributed by atoms with E-state index in [9.17, 15) is 0 Å². The molecule has 0 fully saturated rings. The smallest absolute Gasteiger partial charge is 0.155 e. The Balaban J connectivity index is 1.95. The molecule has 0 saturated carbocycles. The first-order valence-electron chi connectivity index (χ1n) is 6.11. The van der Waals surface area contributed by atoms with E-state index in [1.807, 2.05) is 31.3 Å². The Morgan fingerprint density at radius 3 is 2.53 bits per heavy atom. The monoisotopic (exact) mass is 247 g/mol. The summed E-state index contributed by atoms with van der Waals surface area (Å²) in [6.45, 7) is 4.02. The number of nitrogens with zero attached hydrogens (tertiary/aromatic N) is 3. The van der Waals surface area contributed by atoms with Crippen molar-refractivity contribution in [1.29, 1.82) is 0 Å². The van der Waals surface area contributed by atoms with E-state index in [-0.39, 0.29) is 0 Å². The SMILES string of the molecule is Cc1ccc(C#Cc2cnc3cc(C)nn3c2)cc1. The van der Waals surface area contributed by atoms with Crippen molar-refractivity contribution in [3.8, 4) is 11.8 Å². The van der Waals surface area contributed by atoms with Gasteiger partial charge in [-0.15, -0.1) is 0 Å². The van der Waals surface area contributed by atoms with Crippen molar-refractivity contribution < 1.29 is 0 Å². The van der Waals surface area contributed by atoms with E-state index in [2.05, 4.69) is 41.0 Å². The summed E-state index contributed by atoms with van der Waals surface area (Å²) in [5.41, 5.74) is 4.90. The lowest BCUT2D eigenvalue weighted by Gasteiger charge is -1.94. The van der Waals surface area contributed by atoms with E-state index in [4.69, 9.17) is 0 Å². The quantitative estimate of drug-likeness (QED) is 0.572. The highest BCUT2D eigenvalue weighted by Gasteiger charge is 1.98. The van der Waals surface area contributed by atoms with Gasteiger partial charge in [-0.2, -0.15) is 5.10 Å². The van der Waals surface area contributed by atoms with Gasteiger partial charge in [0.15, 0.2) is 5.65 Å². The van der Waals surface area contributed by atoms with Crippen LogP contribution >= 0.6 is 0 Å². The molecule has 1 aromatic carbocycles. The Morgan fingerprint density at radius 1 is 1.00 bits per heavy atom. The number of benzene rings is 1. The first-order valence-corrected chi connectivity index (χ1v) is 6.11. The molecule has 0 aliphatic heterocycles. The minimum Gasteiger partial charge on any atom is -0.236 e. The topological polar surface area (TPSA) is 30.2 Å². The van der Waals surface area contributed by atoms with Crippen LogP contribution in [0, 0.1) is 25.7 Å². The second-order valence-electron chi connectivity index (χ2n) is 4.55. The van der Waals surface area contributed by atoms with Gasteiger partial charge in [0.05, 0.1) is 11.3 Å². The molecule has 3 rings (SSSR count). The average molecular weight is 247 g/mol. The molecule has 0 aliphatic carbocycles. The summed E-state index contributed by atoms with van der Waals surface area (Å²) in [5, 5.41) is 4.33. The Labute approximate surface area is 111 Å². The molecule has 0 aliphatic rings. The number of rotatable bonds is 0. The Hall–Kier alpha value is -2.60. The van der Waals surface area contributed by atoms with Crippen molar-refractivity contribution >= 4 is 5.65 Å². The lowest BCUT2D eigenvalue weighted by Crippen LogP contribution is -1.91. The molecule has 0 unspecified atom stereocenters. The van der Waals surface area contributed by atoms with Crippen LogP contribution in [-0.4, -0.2) is 14.6 Å². The van der Waals surface area contributed by atoms with E-state index in [0.717, 1.165) is 22.5 Å². The molecule has 0 amide bonds. The van der Waals surface area contributed by atoms with Gasteiger partial charge in [0.1, 0.15) is 0 Å². The van der Waals surface area contributed by atoms with Gasteiger partial charge in [0.2, 0.25) is 0 Å². The molecule has 3 nitrogen and oxygen atoms in total. The zero-order valence-electron chi connectivity index (χ0n) is 10.9. The second-order valence-corrected chi connectivity index (χ2v) is 4.55. The van der Waals surface area contributed by atoms with Gasteiger partial charge in [-0.1, -0.05) is 29.5 Å². The Kier molecular flexibility index (Phi) is 2.77. The number of hydrogen-bond donors (Lipinski definition) is 0. The van der Waals surface area contributed by atoms with Crippen LogP contribution in [-0.2, 0) is 0 Å². The summed E-state index contributed by atoms with van der Waals surface area (Å²) in [6, 6.07) is 10.1. The summed E-state index contributed by atoms with van der Waals surface area (Å²) in [5.74, 6) is 6.24. The highest BCUT2D eigenvalue weighted by molar-refractivity contribution is 5.45. The predicted molar refractivity (Wildman–Crippen MR) is 74.9 cm³/mol. The third-order valence-electron chi connectivity index (χ3n) is 2.84. The molecular weight excluding hydrogens is 234 g/mol. The van der Waals surface area contributed by atoms with Crippen LogP contribution in [0.1, 0.15) is 22.4 Å². The first-order chi connectivity index (χ1) is 9.20. The van der Waals surface area contributed by atoms with Gasteiger partial charge >= 0.3 is 0 Å². The van der Waals surface area contributed by atoms with Gasteiger partial charge in [0.25, 0.3) is 0 Å². The van der Waals surface area contributed by atoms with Crippen molar-refractivity contribution in [2.45, 2.75) is 13.8 Å². The molecule has 0 N–H and O–H groups in total. The average Bonchev–Trinajstić information content (AvgIpc) is 2.77. The molecule has 0 saturated heterocycles. The second kappa shape index (κ2) is 4.58. The number of hydrogen-bond acceptors (Lipinski definition) is 2. The van der Waals surface area contributed by atoms with Crippen LogP contribution < -0.4 is 0 Å². The zero-order valence-corrected chi connectivity index (χ0v) is 10.9. The molecule has 3 heteroatoms. The van der Waals surface area contributed by atoms with Gasteiger partial charge < -0.3 is 0 Å². The van der Waals surface area contributed by atoms with Crippen LogP contribution in [0.4, 0.5) is 0 Å². The lowest BCUT2D eigenvalue weighted by molar-refractivity contribution is 0.914. The molecule has 0 atom stereocenters. The highest BCUT2D eigenvalue weighted by atomic mass is 15.2. The molecule has 0 spiro atoms. The molecule has 2 aromatic heterocycles. The maximum Gasteiger partial charge on any atom is 0.155 e. The van der Waals surface area contributed by atoms with Crippen molar-refractivity contribution in [1.82, 2.24) is 14.6 Å².